The van der Waals surface area contributed by atoms with E-state index in [-0.39, 0.29) is 12.1 Å². The third-order valence-electron chi connectivity index (χ3n) is 6.50. The van der Waals surface area contributed by atoms with Crippen molar-refractivity contribution in [2.45, 2.75) is 58.3 Å². The van der Waals surface area contributed by atoms with Gasteiger partial charge in [0.25, 0.3) is 0 Å². The lowest BCUT2D eigenvalue weighted by molar-refractivity contribution is -0.138. The molecule has 3 aromatic rings. The highest BCUT2D eigenvalue weighted by atomic mass is 35.5. The van der Waals surface area contributed by atoms with E-state index in [2.05, 4.69) is 39.0 Å². The number of nitrogens with zero attached hydrogens (tertiary/aromatic N) is 4. The molecule has 4 rings (SSSR count). The predicted molar refractivity (Wildman–Crippen MR) is 125 cm³/mol. The number of hydrogen-bond acceptors (Lipinski definition) is 5. The van der Waals surface area contributed by atoms with Gasteiger partial charge in [-0.2, -0.15) is 13.2 Å². The molecule has 0 spiro atoms. The Hall–Kier alpha value is -2.45. The van der Waals surface area contributed by atoms with Crippen molar-refractivity contribution in [1.29, 1.82) is 0 Å². The van der Waals surface area contributed by atoms with Gasteiger partial charge in [-0.05, 0) is 81.4 Å². The molecule has 1 aliphatic rings. The summed E-state index contributed by atoms with van der Waals surface area (Å²) < 4.78 is 39.8. The van der Waals surface area contributed by atoms with Crippen molar-refractivity contribution in [2.24, 2.45) is 0 Å². The van der Waals surface area contributed by atoms with E-state index < -0.39 is 11.7 Å². The average Bonchev–Trinajstić information content (AvgIpc) is 2.77. The van der Waals surface area contributed by atoms with Crippen LogP contribution in [0.5, 0.6) is 0 Å². The molecule has 1 fully saturated rings. The van der Waals surface area contributed by atoms with Crippen LogP contribution in [0.15, 0.2) is 30.6 Å². The summed E-state index contributed by atoms with van der Waals surface area (Å²) in [6.07, 6.45) is -1.02. The Kier molecular flexibility index (Phi) is 6.77. The number of likely N-dealkylation sites (tertiary alicyclic amines) is 1. The molecule has 9 heteroatoms. The number of benzene rings is 1. The molecule has 0 unspecified atom stereocenters. The van der Waals surface area contributed by atoms with Gasteiger partial charge in [-0.25, -0.2) is 15.0 Å². The van der Waals surface area contributed by atoms with Crippen molar-refractivity contribution in [3.63, 3.8) is 0 Å². The van der Waals surface area contributed by atoms with Gasteiger partial charge in [0.15, 0.2) is 5.65 Å². The van der Waals surface area contributed by atoms with E-state index in [0.29, 0.717) is 39.5 Å². The van der Waals surface area contributed by atoms with E-state index in [1.54, 1.807) is 6.07 Å². The highest BCUT2D eigenvalue weighted by molar-refractivity contribution is 6.30. The van der Waals surface area contributed by atoms with Crippen molar-refractivity contribution in [3.8, 4) is 0 Å². The number of alkyl halides is 3. The molecule has 0 amide bonds. The fourth-order valence-corrected chi connectivity index (χ4v) is 4.78. The van der Waals surface area contributed by atoms with Gasteiger partial charge in [0.1, 0.15) is 17.3 Å². The van der Waals surface area contributed by atoms with Crippen LogP contribution in [0.3, 0.4) is 0 Å². The lowest BCUT2D eigenvalue weighted by Gasteiger charge is -2.35. The van der Waals surface area contributed by atoms with E-state index in [0.717, 1.165) is 37.6 Å². The number of fused-ring (bicyclic) bond motifs is 1. The van der Waals surface area contributed by atoms with Crippen molar-refractivity contribution < 1.29 is 13.2 Å². The first kappa shape index (κ1) is 23.7. The number of hydrogen-bond donors (Lipinski definition) is 1. The van der Waals surface area contributed by atoms with E-state index in [1.807, 2.05) is 6.07 Å². The van der Waals surface area contributed by atoms with Gasteiger partial charge < -0.3 is 10.2 Å². The van der Waals surface area contributed by atoms with Crippen LogP contribution >= 0.6 is 11.6 Å². The van der Waals surface area contributed by atoms with E-state index in [9.17, 15) is 13.2 Å². The molecular formula is C24H27ClF3N5. The van der Waals surface area contributed by atoms with Crippen LogP contribution in [0.1, 0.15) is 54.9 Å². The maximum Gasteiger partial charge on any atom is 0.416 e. The minimum atomic E-state index is -4.39. The number of nitrogens with one attached hydrogen (secondary N) is 1. The van der Waals surface area contributed by atoms with Crippen LogP contribution in [-0.2, 0) is 12.7 Å². The van der Waals surface area contributed by atoms with Gasteiger partial charge >= 0.3 is 6.18 Å². The SMILES string of the molecule is Cc1c(CNc2ncnc3nc(Cl)c(C4CCN(C(C)C)CC4)cc23)cccc1C(F)(F)F. The Balaban J connectivity index is 1.60. The maximum absolute atomic E-state index is 13.3. The number of anilines is 1. The second-order valence-corrected chi connectivity index (χ2v) is 9.16. The first-order chi connectivity index (χ1) is 15.6. The van der Waals surface area contributed by atoms with Crippen LogP contribution in [0.4, 0.5) is 19.0 Å². The lowest BCUT2D eigenvalue weighted by Crippen LogP contribution is -2.37. The molecule has 0 aliphatic carbocycles. The molecule has 176 valence electrons. The van der Waals surface area contributed by atoms with Crippen LogP contribution in [0.25, 0.3) is 11.0 Å². The Morgan fingerprint density at radius 3 is 2.58 bits per heavy atom. The van der Waals surface area contributed by atoms with Gasteiger partial charge in [-0.1, -0.05) is 23.7 Å². The third kappa shape index (κ3) is 5.06. The highest BCUT2D eigenvalue weighted by Gasteiger charge is 2.32. The molecule has 1 N–H and O–H groups in total. The van der Waals surface area contributed by atoms with E-state index in [1.165, 1.54) is 19.3 Å². The highest BCUT2D eigenvalue weighted by Crippen LogP contribution is 2.36. The standard InChI is InChI=1S/C24H27ClF3N5/c1-14(2)33-9-7-16(8-10-33)18-11-19-22(30-13-31-23(19)32-21(18)25)29-12-17-5-4-6-20(15(17)3)24(26,27)28/h4-6,11,13-14,16H,7-10,12H2,1-3H3,(H,29,30,31,32). The summed E-state index contributed by atoms with van der Waals surface area (Å²) in [5, 5.41) is 4.35. The van der Waals surface area contributed by atoms with Crippen LogP contribution in [-0.4, -0.2) is 39.0 Å². The summed E-state index contributed by atoms with van der Waals surface area (Å²) in [4.78, 5) is 15.5. The van der Waals surface area contributed by atoms with Crippen LogP contribution < -0.4 is 5.32 Å². The molecular weight excluding hydrogens is 451 g/mol. The van der Waals surface area contributed by atoms with Gasteiger partial charge in [-0.15, -0.1) is 0 Å². The zero-order valence-electron chi connectivity index (χ0n) is 18.9. The van der Waals surface area contributed by atoms with Crippen molar-refractivity contribution in [2.75, 3.05) is 18.4 Å². The summed E-state index contributed by atoms with van der Waals surface area (Å²) >= 11 is 6.53. The molecule has 2 aromatic heterocycles. The van der Waals surface area contributed by atoms with Gasteiger partial charge in [-0.3, -0.25) is 0 Å². The molecule has 0 atom stereocenters. The summed E-state index contributed by atoms with van der Waals surface area (Å²) in [5.74, 6) is 0.824. The second kappa shape index (κ2) is 9.43. The maximum atomic E-state index is 13.3. The summed E-state index contributed by atoms with van der Waals surface area (Å²) in [6.45, 7) is 8.09. The number of piperidine rings is 1. The van der Waals surface area contributed by atoms with Crippen molar-refractivity contribution in [3.05, 3.63) is 58.0 Å². The second-order valence-electron chi connectivity index (χ2n) is 8.81. The van der Waals surface area contributed by atoms with Gasteiger partial charge in [0.05, 0.1) is 10.9 Å². The Morgan fingerprint density at radius 2 is 1.91 bits per heavy atom. The third-order valence-corrected chi connectivity index (χ3v) is 6.81. The molecule has 0 radical (unpaired) electrons. The number of aromatic nitrogens is 3. The summed E-state index contributed by atoms with van der Waals surface area (Å²) in [7, 11) is 0. The number of pyridine rings is 1. The fourth-order valence-electron chi connectivity index (χ4n) is 4.50. The van der Waals surface area contributed by atoms with Crippen molar-refractivity contribution >= 4 is 28.5 Å². The molecule has 1 saturated heterocycles. The monoisotopic (exact) mass is 477 g/mol. The first-order valence-corrected chi connectivity index (χ1v) is 11.5. The molecule has 3 heterocycles. The molecule has 5 nitrogen and oxygen atoms in total. The zero-order valence-corrected chi connectivity index (χ0v) is 19.6. The topological polar surface area (TPSA) is 53.9 Å². The molecule has 0 bridgehead atoms. The zero-order chi connectivity index (χ0) is 23.8. The van der Waals surface area contributed by atoms with Gasteiger partial charge in [0.2, 0.25) is 0 Å². The van der Waals surface area contributed by atoms with E-state index >= 15 is 0 Å². The average molecular weight is 478 g/mol. The number of rotatable bonds is 5. The minimum Gasteiger partial charge on any atom is -0.365 e. The van der Waals surface area contributed by atoms with E-state index in [4.69, 9.17) is 11.6 Å². The smallest absolute Gasteiger partial charge is 0.365 e. The molecule has 0 saturated carbocycles. The summed E-state index contributed by atoms with van der Waals surface area (Å²) in [6, 6.07) is 6.71. The predicted octanol–water partition coefficient (Wildman–Crippen LogP) is 6.21. The Labute approximate surface area is 196 Å². The molecule has 1 aliphatic heterocycles. The molecule has 1 aromatic carbocycles. The first-order valence-electron chi connectivity index (χ1n) is 11.1. The summed E-state index contributed by atoms with van der Waals surface area (Å²) in [5.41, 5.74) is 1.56. The normalized spacial score (nSPS) is 16.0. The number of halogens is 4. The lowest BCUT2D eigenvalue weighted by atomic mass is 9.89. The largest absolute Gasteiger partial charge is 0.416 e. The fraction of sp³-hybridized carbons (Fsp3) is 0.458. The molecule has 33 heavy (non-hydrogen) atoms. The van der Waals surface area contributed by atoms with Crippen LogP contribution in [0.2, 0.25) is 5.15 Å². The van der Waals surface area contributed by atoms with Crippen LogP contribution in [0, 0.1) is 6.92 Å². The Bertz CT molecular complexity index is 1140. The minimum absolute atomic E-state index is 0.201. The van der Waals surface area contributed by atoms with Crippen molar-refractivity contribution in [1.82, 2.24) is 19.9 Å². The Morgan fingerprint density at radius 1 is 1.18 bits per heavy atom. The van der Waals surface area contributed by atoms with Gasteiger partial charge in [0, 0.05) is 12.6 Å². The quantitative estimate of drug-likeness (QED) is 0.443.